The number of pyridine rings is 1. The first kappa shape index (κ1) is 21.2. The molecule has 0 saturated heterocycles. The number of hydrogen-bond donors (Lipinski definition) is 0. The van der Waals surface area contributed by atoms with Gasteiger partial charge in [-0.3, -0.25) is 9.88 Å². The summed E-state index contributed by atoms with van der Waals surface area (Å²) in [6.45, 7) is 6.50. The van der Waals surface area contributed by atoms with Crippen LogP contribution in [0.1, 0.15) is 42.4 Å². The number of halogens is 3. The third kappa shape index (κ3) is 5.19. The van der Waals surface area contributed by atoms with E-state index in [1.165, 1.54) is 12.1 Å². The minimum atomic E-state index is -4.75. The Morgan fingerprint density at radius 2 is 1.87 bits per heavy atom. The summed E-state index contributed by atoms with van der Waals surface area (Å²) >= 11 is 0. The van der Waals surface area contributed by atoms with Crippen LogP contribution in [0.25, 0.3) is 11.3 Å². The van der Waals surface area contributed by atoms with Crippen molar-refractivity contribution in [3.8, 4) is 17.0 Å². The quantitative estimate of drug-likeness (QED) is 0.565. The topological polar surface area (TPSA) is 51.1 Å². The van der Waals surface area contributed by atoms with Gasteiger partial charge in [0.15, 0.2) is 0 Å². The molecule has 3 aromatic rings. The summed E-state index contributed by atoms with van der Waals surface area (Å²) < 4.78 is 42.1. The highest BCUT2D eigenvalue weighted by Crippen LogP contribution is 2.32. The molecule has 1 aliphatic heterocycles. The molecule has 3 heterocycles. The number of alkyl halides is 3. The molecular formula is C23H23F3N4O. The molecule has 2 aromatic heterocycles. The van der Waals surface area contributed by atoms with Crippen molar-refractivity contribution in [3.05, 3.63) is 71.4 Å². The molecule has 0 spiro atoms. The fourth-order valence-electron chi connectivity index (χ4n) is 3.63. The van der Waals surface area contributed by atoms with E-state index in [0.717, 1.165) is 42.2 Å². The van der Waals surface area contributed by atoms with Gasteiger partial charge in [0, 0.05) is 61.2 Å². The van der Waals surface area contributed by atoms with E-state index in [4.69, 9.17) is 4.98 Å². The summed E-state index contributed by atoms with van der Waals surface area (Å²) in [5.41, 5.74) is 3.97. The fourth-order valence-corrected chi connectivity index (χ4v) is 3.63. The second-order valence-electron chi connectivity index (χ2n) is 7.91. The third-order valence-electron chi connectivity index (χ3n) is 5.17. The van der Waals surface area contributed by atoms with Crippen LogP contribution in [-0.4, -0.2) is 32.8 Å². The predicted molar refractivity (Wildman–Crippen MR) is 110 cm³/mol. The van der Waals surface area contributed by atoms with Crippen molar-refractivity contribution in [2.45, 2.75) is 45.6 Å². The number of aromatic nitrogens is 3. The largest absolute Gasteiger partial charge is 0.573 e. The maximum absolute atomic E-state index is 12.7. The van der Waals surface area contributed by atoms with Gasteiger partial charge in [0.25, 0.3) is 0 Å². The minimum Gasteiger partial charge on any atom is -0.405 e. The van der Waals surface area contributed by atoms with Crippen molar-refractivity contribution in [3.63, 3.8) is 0 Å². The van der Waals surface area contributed by atoms with Crippen LogP contribution in [0, 0.1) is 0 Å². The van der Waals surface area contributed by atoms with Gasteiger partial charge in [-0.2, -0.15) is 0 Å². The maximum Gasteiger partial charge on any atom is 0.573 e. The summed E-state index contributed by atoms with van der Waals surface area (Å²) in [7, 11) is 0. The monoisotopic (exact) mass is 428 g/mol. The molecule has 162 valence electrons. The predicted octanol–water partition coefficient (Wildman–Crippen LogP) is 5.12. The van der Waals surface area contributed by atoms with Gasteiger partial charge in [-0.15, -0.1) is 13.2 Å². The van der Waals surface area contributed by atoms with Gasteiger partial charge < -0.3 is 4.74 Å². The maximum atomic E-state index is 12.7. The Kier molecular flexibility index (Phi) is 5.91. The van der Waals surface area contributed by atoms with Crippen molar-refractivity contribution in [2.24, 2.45) is 0 Å². The summed E-state index contributed by atoms with van der Waals surface area (Å²) in [4.78, 5) is 15.8. The van der Waals surface area contributed by atoms with E-state index in [1.807, 2.05) is 12.3 Å². The minimum absolute atomic E-state index is 0.261. The lowest BCUT2D eigenvalue weighted by molar-refractivity contribution is -0.274. The zero-order valence-corrected chi connectivity index (χ0v) is 17.4. The molecule has 31 heavy (non-hydrogen) atoms. The van der Waals surface area contributed by atoms with Crippen molar-refractivity contribution >= 4 is 0 Å². The molecule has 5 nitrogen and oxygen atoms in total. The lowest BCUT2D eigenvalue weighted by Crippen LogP contribution is -2.31. The van der Waals surface area contributed by atoms with Crippen LogP contribution in [0.4, 0.5) is 13.2 Å². The molecular weight excluding hydrogens is 405 g/mol. The standard InChI is InChI=1S/C23H23F3N4O/c1-15(2)22-28-12-17-14-30(10-9-19(17)29-22)13-16-7-8-20(27-11-16)18-5-3-4-6-21(18)31-23(24,25)26/h3-8,11-12,15H,9-10,13-14H2,1-2H3. The highest BCUT2D eigenvalue weighted by molar-refractivity contribution is 5.67. The van der Waals surface area contributed by atoms with Gasteiger partial charge in [0.05, 0.1) is 5.69 Å². The van der Waals surface area contributed by atoms with E-state index in [0.29, 0.717) is 23.7 Å². The molecule has 0 amide bonds. The van der Waals surface area contributed by atoms with Crippen LogP contribution in [0.3, 0.4) is 0 Å². The van der Waals surface area contributed by atoms with Gasteiger partial charge in [-0.25, -0.2) is 9.97 Å². The van der Waals surface area contributed by atoms with Gasteiger partial charge in [0.2, 0.25) is 0 Å². The molecule has 0 bridgehead atoms. The molecule has 8 heteroatoms. The summed E-state index contributed by atoms with van der Waals surface area (Å²) in [5.74, 6) is 0.921. The van der Waals surface area contributed by atoms with Crippen LogP contribution in [0.15, 0.2) is 48.8 Å². The normalized spacial score (nSPS) is 14.5. The zero-order valence-electron chi connectivity index (χ0n) is 17.4. The van der Waals surface area contributed by atoms with Gasteiger partial charge in [-0.1, -0.05) is 32.0 Å². The smallest absolute Gasteiger partial charge is 0.405 e. The fraction of sp³-hybridized carbons (Fsp3) is 0.348. The van der Waals surface area contributed by atoms with Crippen LogP contribution >= 0.6 is 0 Å². The van der Waals surface area contributed by atoms with Crippen LogP contribution in [-0.2, 0) is 19.5 Å². The first-order valence-corrected chi connectivity index (χ1v) is 10.2. The van der Waals surface area contributed by atoms with Gasteiger partial charge >= 0.3 is 6.36 Å². The SMILES string of the molecule is CC(C)c1ncc2c(n1)CCN(Cc1ccc(-c3ccccc3OC(F)(F)F)nc1)C2. The molecule has 0 unspecified atom stereocenters. The molecule has 1 aliphatic rings. The average molecular weight is 428 g/mol. The Hall–Kier alpha value is -3.00. The molecule has 4 rings (SSSR count). The van der Waals surface area contributed by atoms with Crippen LogP contribution < -0.4 is 4.74 Å². The van der Waals surface area contributed by atoms with E-state index in [2.05, 4.69) is 33.5 Å². The number of fused-ring (bicyclic) bond motifs is 1. The second kappa shape index (κ2) is 8.63. The number of benzene rings is 1. The Bertz CT molecular complexity index is 1050. The molecule has 1 aromatic carbocycles. The molecule has 0 saturated carbocycles. The number of hydrogen-bond acceptors (Lipinski definition) is 5. The number of para-hydroxylation sites is 1. The number of rotatable bonds is 5. The molecule has 0 radical (unpaired) electrons. The zero-order chi connectivity index (χ0) is 22.0. The van der Waals surface area contributed by atoms with Crippen molar-refractivity contribution in [1.82, 2.24) is 19.9 Å². The van der Waals surface area contributed by atoms with E-state index in [-0.39, 0.29) is 5.75 Å². The average Bonchev–Trinajstić information content (AvgIpc) is 2.73. The van der Waals surface area contributed by atoms with Crippen LogP contribution in [0.5, 0.6) is 5.75 Å². The number of nitrogens with zero attached hydrogens (tertiary/aromatic N) is 4. The highest BCUT2D eigenvalue weighted by Gasteiger charge is 2.32. The van der Waals surface area contributed by atoms with E-state index < -0.39 is 6.36 Å². The molecule has 0 aliphatic carbocycles. The Labute approximate surface area is 178 Å². The summed E-state index contributed by atoms with van der Waals surface area (Å²) in [5, 5.41) is 0. The van der Waals surface area contributed by atoms with E-state index >= 15 is 0 Å². The van der Waals surface area contributed by atoms with Gasteiger partial charge in [-0.05, 0) is 23.8 Å². The molecule has 0 fully saturated rings. The van der Waals surface area contributed by atoms with Gasteiger partial charge in [0.1, 0.15) is 11.6 Å². The highest BCUT2D eigenvalue weighted by atomic mass is 19.4. The lowest BCUT2D eigenvalue weighted by Gasteiger charge is -2.28. The van der Waals surface area contributed by atoms with Crippen LogP contribution in [0.2, 0.25) is 0 Å². The third-order valence-corrected chi connectivity index (χ3v) is 5.17. The van der Waals surface area contributed by atoms with E-state index in [9.17, 15) is 13.2 Å². The first-order chi connectivity index (χ1) is 14.8. The Balaban J connectivity index is 1.45. The molecule has 0 N–H and O–H groups in total. The van der Waals surface area contributed by atoms with Crippen molar-refractivity contribution < 1.29 is 17.9 Å². The summed E-state index contributed by atoms with van der Waals surface area (Å²) in [6.07, 6.45) is -0.262. The lowest BCUT2D eigenvalue weighted by atomic mass is 10.1. The second-order valence-corrected chi connectivity index (χ2v) is 7.91. The van der Waals surface area contributed by atoms with E-state index in [1.54, 1.807) is 24.4 Å². The van der Waals surface area contributed by atoms with Crippen molar-refractivity contribution in [1.29, 1.82) is 0 Å². The molecule has 0 atom stereocenters. The summed E-state index contributed by atoms with van der Waals surface area (Å²) in [6, 6.07) is 9.63. The number of ether oxygens (including phenoxy) is 1. The Morgan fingerprint density at radius 3 is 2.58 bits per heavy atom. The Morgan fingerprint density at radius 1 is 1.06 bits per heavy atom. The van der Waals surface area contributed by atoms with Crippen molar-refractivity contribution in [2.75, 3.05) is 6.54 Å². The first-order valence-electron chi connectivity index (χ1n) is 10.2.